The van der Waals surface area contributed by atoms with Gasteiger partial charge in [0.15, 0.2) is 11.0 Å². The third kappa shape index (κ3) is 1.73. The number of rotatable bonds is 1. The van der Waals surface area contributed by atoms with Crippen LogP contribution in [0.2, 0.25) is 5.15 Å². The molecule has 0 unspecified atom stereocenters. The highest BCUT2D eigenvalue weighted by Crippen LogP contribution is 2.23. The smallest absolute Gasteiger partial charge is 0.171 e. The van der Waals surface area contributed by atoms with Gasteiger partial charge in [0.25, 0.3) is 0 Å². The molecule has 0 radical (unpaired) electrons. The monoisotopic (exact) mass is 198 g/mol. The van der Waals surface area contributed by atoms with Gasteiger partial charge in [0.2, 0.25) is 0 Å². The van der Waals surface area contributed by atoms with Crippen LogP contribution in [-0.4, -0.2) is 29.1 Å². The molecule has 0 aromatic carbocycles. The summed E-state index contributed by atoms with van der Waals surface area (Å²) in [6, 6.07) is 0.234. The van der Waals surface area contributed by atoms with Crippen molar-refractivity contribution in [2.24, 2.45) is 5.73 Å². The number of nitrogens with two attached hydrogens (primary N) is 1. The van der Waals surface area contributed by atoms with Crippen molar-refractivity contribution < 1.29 is 0 Å². The average molecular weight is 199 g/mol. The van der Waals surface area contributed by atoms with Crippen LogP contribution in [0.15, 0.2) is 12.4 Å². The summed E-state index contributed by atoms with van der Waals surface area (Å²) in [5.74, 6) is 0.747. The standard InChI is InChI=1S/C8H11ClN4/c9-7-8(12-3-2-11-7)13-4-1-6(10)5-13/h2-3,6H,1,4-5,10H2/t6-/m1/s1. The minimum Gasteiger partial charge on any atom is -0.352 e. The lowest BCUT2D eigenvalue weighted by atomic mass is 10.3. The Hall–Kier alpha value is -0.870. The van der Waals surface area contributed by atoms with Crippen LogP contribution in [0.25, 0.3) is 0 Å². The molecule has 2 heterocycles. The van der Waals surface area contributed by atoms with Gasteiger partial charge >= 0.3 is 0 Å². The van der Waals surface area contributed by atoms with Gasteiger partial charge < -0.3 is 10.6 Å². The van der Waals surface area contributed by atoms with Crippen molar-refractivity contribution >= 4 is 17.4 Å². The Morgan fingerprint density at radius 2 is 2.23 bits per heavy atom. The summed E-state index contributed by atoms with van der Waals surface area (Å²) in [6.07, 6.45) is 4.22. The fourth-order valence-corrected chi connectivity index (χ4v) is 1.73. The molecule has 2 rings (SSSR count). The molecule has 5 heteroatoms. The van der Waals surface area contributed by atoms with E-state index in [4.69, 9.17) is 17.3 Å². The van der Waals surface area contributed by atoms with Gasteiger partial charge in [0.1, 0.15) is 0 Å². The zero-order valence-electron chi connectivity index (χ0n) is 7.15. The lowest BCUT2D eigenvalue weighted by molar-refractivity contribution is 0.751. The largest absolute Gasteiger partial charge is 0.352 e. The van der Waals surface area contributed by atoms with E-state index in [1.165, 1.54) is 0 Å². The summed E-state index contributed by atoms with van der Waals surface area (Å²) in [5, 5.41) is 0.455. The Morgan fingerprint density at radius 3 is 2.85 bits per heavy atom. The molecular formula is C8H11ClN4. The molecule has 13 heavy (non-hydrogen) atoms. The molecule has 1 aromatic heterocycles. The highest BCUT2D eigenvalue weighted by atomic mass is 35.5. The van der Waals surface area contributed by atoms with Gasteiger partial charge in [-0.1, -0.05) is 11.6 Å². The highest BCUT2D eigenvalue weighted by Gasteiger charge is 2.22. The minimum absolute atomic E-state index is 0.234. The summed E-state index contributed by atoms with van der Waals surface area (Å²) in [6.45, 7) is 1.73. The van der Waals surface area contributed by atoms with Crippen LogP contribution in [-0.2, 0) is 0 Å². The molecule has 1 atom stereocenters. The summed E-state index contributed by atoms with van der Waals surface area (Å²) in [5.41, 5.74) is 5.78. The first-order chi connectivity index (χ1) is 6.27. The Morgan fingerprint density at radius 1 is 1.46 bits per heavy atom. The topological polar surface area (TPSA) is 55.0 Å². The molecule has 0 bridgehead atoms. The van der Waals surface area contributed by atoms with Gasteiger partial charge in [-0.2, -0.15) is 0 Å². The van der Waals surface area contributed by atoms with E-state index in [9.17, 15) is 0 Å². The number of anilines is 1. The van der Waals surface area contributed by atoms with Crippen LogP contribution in [0, 0.1) is 0 Å². The van der Waals surface area contributed by atoms with Crippen LogP contribution in [0.4, 0.5) is 5.82 Å². The molecular weight excluding hydrogens is 188 g/mol. The fourth-order valence-electron chi connectivity index (χ4n) is 1.51. The maximum Gasteiger partial charge on any atom is 0.171 e. The van der Waals surface area contributed by atoms with Crippen molar-refractivity contribution in [3.8, 4) is 0 Å². The normalized spacial score (nSPS) is 22.3. The molecule has 1 fully saturated rings. The van der Waals surface area contributed by atoms with Gasteiger partial charge in [0, 0.05) is 31.5 Å². The molecule has 1 saturated heterocycles. The maximum atomic E-state index is 5.90. The van der Waals surface area contributed by atoms with Gasteiger partial charge in [0.05, 0.1) is 0 Å². The van der Waals surface area contributed by atoms with Crippen molar-refractivity contribution in [2.75, 3.05) is 18.0 Å². The highest BCUT2D eigenvalue weighted by molar-refractivity contribution is 6.31. The molecule has 4 nitrogen and oxygen atoms in total. The predicted octanol–water partition coefficient (Wildman–Crippen LogP) is 0.667. The Bertz CT molecular complexity index is 304. The van der Waals surface area contributed by atoms with Crippen molar-refractivity contribution in [3.05, 3.63) is 17.5 Å². The van der Waals surface area contributed by atoms with Crippen molar-refractivity contribution in [2.45, 2.75) is 12.5 Å². The summed E-state index contributed by atoms with van der Waals surface area (Å²) < 4.78 is 0. The third-order valence-electron chi connectivity index (χ3n) is 2.16. The minimum atomic E-state index is 0.234. The summed E-state index contributed by atoms with van der Waals surface area (Å²) in [4.78, 5) is 10.2. The van der Waals surface area contributed by atoms with Gasteiger partial charge in [-0.05, 0) is 6.42 Å². The summed E-state index contributed by atoms with van der Waals surface area (Å²) in [7, 11) is 0. The SMILES string of the molecule is N[C@@H]1CCN(c2nccnc2Cl)C1. The van der Waals surface area contributed by atoms with Crippen molar-refractivity contribution in [1.29, 1.82) is 0 Å². The van der Waals surface area contributed by atoms with Crippen molar-refractivity contribution in [3.63, 3.8) is 0 Å². The van der Waals surface area contributed by atoms with Crippen LogP contribution < -0.4 is 10.6 Å². The summed E-state index contributed by atoms with van der Waals surface area (Å²) >= 11 is 5.90. The molecule has 0 aliphatic carbocycles. The van der Waals surface area contributed by atoms with Gasteiger partial charge in [-0.25, -0.2) is 9.97 Å². The average Bonchev–Trinajstić information content (AvgIpc) is 2.53. The zero-order valence-corrected chi connectivity index (χ0v) is 7.91. The first-order valence-electron chi connectivity index (χ1n) is 4.24. The first kappa shape index (κ1) is 8.72. The van der Waals surface area contributed by atoms with E-state index in [-0.39, 0.29) is 6.04 Å². The van der Waals surface area contributed by atoms with Crippen LogP contribution in [0.1, 0.15) is 6.42 Å². The van der Waals surface area contributed by atoms with Crippen LogP contribution in [0.3, 0.4) is 0 Å². The Kier molecular flexibility index (Phi) is 2.33. The van der Waals surface area contributed by atoms with E-state index in [1.54, 1.807) is 12.4 Å². The molecule has 0 amide bonds. The van der Waals surface area contributed by atoms with Crippen LogP contribution >= 0.6 is 11.6 Å². The number of halogens is 1. The molecule has 1 aliphatic rings. The third-order valence-corrected chi connectivity index (χ3v) is 2.43. The quantitative estimate of drug-likeness (QED) is 0.721. The molecule has 1 aliphatic heterocycles. The van der Waals surface area contributed by atoms with E-state index >= 15 is 0 Å². The van der Waals surface area contributed by atoms with Crippen molar-refractivity contribution in [1.82, 2.24) is 9.97 Å². The first-order valence-corrected chi connectivity index (χ1v) is 4.62. The van der Waals surface area contributed by atoms with E-state index in [1.807, 2.05) is 0 Å². The lowest BCUT2D eigenvalue weighted by Crippen LogP contribution is -2.27. The number of aromatic nitrogens is 2. The second-order valence-corrected chi connectivity index (χ2v) is 3.52. The molecule has 0 spiro atoms. The van der Waals surface area contributed by atoms with E-state index in [2.05, 4.69) is 14.9 Å². The van der Waals surface area contributed by atoms with Gasteiger partial charge in [-0.3, -0.25) is 0 Å². The maximum absolute atomic E-state index is 5.90. The Balaban J connectivity index is 2.21. The van der Waals surface area contributed by atoms with E-state index in [0.29, 0.717) is 5.15 Å². The molecule has 0 saturated carbocycles. The number of hydrogen-bond acceptors (Lipinski definition) is 4. The van der Waals surface area contributed by atoms with E-state index in [0.717, 1.165) is 25.3 Å². The van der Waals surface area contributed by atoms with E-state index < -0.39 is 0 Å². The molecule has 70 valence electrons. The van der Waals surface area contributed by atoms with Gasteiger partial charge in [-0.15, -0.1) is 0 Å². The Labute approximate surface area is 81.7 Å². The molecule has 1 aromatic rings. The zero-order chi connectivity index (χ0) is 9.26. The van der Waals surface area contributed by atoms with Crippen LogP contribution in [0.5, 0.6) is 0 Å². The lowest BCUT2D eigenvalue weighted by Gasteiger charge is -2.16. The predicted molar refractivity (Wildman–Crippen MR) is 51.8 cm³/mol. The number of hydrogen-bond donors (Lipinski definition) is 1. The molecule has 2 N–H and O–H groups in total. The second-order valence-electron chi connectivity index (χ2n) is 3.17. The number of nitrogens with zero attached hydrogens (tertiary/aromatic N) is 3. The second kappa shape index (κ2) is 3.47. The fraction of sp³-hybridized carbons (Fsp3) is 0.500.